The maximum absolute atomic E-state index is 13.1. The molecule has 3 nitrogen and oxygen atoms in total. The van der Waals surface area contributed by atoms with E-state index in [0.717, 1.165) is 6.42 Å². The zero-order valence-corrected chi connectivity index (χ0v) is 10.4. The molecule has 0 radical (unpaired) electrons. The van der Waals surface area contributed by atoms with Crippen molar-refractivity contribution in [1.29, 1.82) is 0 Å². The number of rotatable bonds is 7. The van der Waals surface area contributed by atoms with Crippen molar-refractivity contribution >= 4 is 0 Å². The summed E-state index contributed by atoms with van der Waals surface area (Å²) in [4.78, 5) is 0. The van der Waals surface area contributed by atoms with E-state index in [-0.39, 0.29) is 11.9 Å². The van der Waals surface area contributed by atoms with E-state index in [9.17, 15) is 4.39 Å². The molecule has 1 aromatic rings. The molecule has 0 amide bonds. The number of halogens is 1. The van der Waals surface area contributed by atoms with Crippen LogP contribution in [0.5, 0.6) is 5.75 Å². The van der Waals surface area contributed by atoms with E-state index in [4.69, 9.17) is 15.2 Å². The third-order valence-corrected chi connectivity index (χ3v) is 2.36. The number of benzene rings is 1. The lowest BCUT2D eigenvalue weighted by atomic mass is 10.1. The van der Waals surface area contributed by atoms with E-state index in [1.807, 2.05) is 13.8 Å². The van der Waals surface area contributed by atoms with Crippen molar-refractivity contribution in [3.63, 3.8) is 0 Å². The highest BCUT2D eigenvalue weighted by molar-refractivity contribution is 5.36. The Balaban J connectivity index is 2.52. The van der Waals surface area contributed by atoms with Gasteiger partial charge in [0.25, 0.3) is 0 Å². The Morgan fingerprint density at radius 2 is 2.12 bits per heavy atom. The minimum atomic E-state index is -0.293. The smallest absolute Gasteiger partial charge is 0.124 e. The lowest BCUT2D eigenvalue weighted by Crippen LogP contribution is -2.10. The van der Waals surface area contributed by atoms with E-state index in [1.165, 1.54) is 12.1 Å². The summed E-state index contributed by atoms with van der Waals surface area (Å²) in [5.41, 5.74) is 6.46. The standard InChI is InChI=1S/C13H20FNO2/c1-3-16-7-4-8-17-13-6-5-11(14)9-12(13)10(2)15/h5-6,9-10H,3-4,7-8,15H2,1-2H3/t10-/m1/s1. The SMILES string of the molecule is CCOCCCOc1ccc(F)cc1[C@@H](C)N. The fourth-order valence-corrected chi connectivity index (χ4v) is 1.49. The molecular weight excluding hydrogens is 221 g/mol. The Morgan fingerprint density at radius 3 is 2.76 bits per heavy atom. The van der Waals surface area contributed by atoms with Crippen LogP contribution in [0.15, 0.2) is 18.2 Å². The topological polar surface area (TPSA) is 44.5 Å². The summed E-state index contributed by atoms with van der Waals surface area (Å²) >= 11 is 0. The maximum atomic E-state index is 13.1. The van der Waals surface area contributed by atoms with Crippen molar-refractivity contribution in [1.82, 2.24) is 0 Å². The van der Waals surface area contributed by atoms with Crippen LogP contribution in [0, 0.1) is 5.82 Å². The molecule has 0 fully saturated rings. The molecule has 1 rings (SSSR count). The first-order valence-corrected chi connectivity index (χ1v) is 5.90. The van der Waals surface area contributed by atoms with Crippen LogP contribution in [0.25, 0.3) is 0 Å². The quantitative estimate of drug-likeness (QED) is 0.746. The normalized spacial score (nSPS) is 12.5. The summed E-state index contributed by atoms with van der Waals surface area (Å²) in [6, 6.07) is 4.17. The van der Waals surface area contributed by atoms with E-state index in [0.29, 0.717) is 31.1 Å². The summed E-state index contributed by atoms with van der Waals surface area (Å²) in [6.45, 7) is 5.69. The van der Waals surface area contributed by atoms with Crippen LogP contribution in [-0.2, 0) is 4.74 Å². The van der Waals surface area contributed by atoms with Gasteiger partial charge in [0.05, 0.1) is 6.61 Å². The Kier molecular flexibility index (Phi) is 5.94. The van der Waals surface area contributed by atoms with Crippen molar-refractivity contribution in [2.45, 2.75) is 26.3 Å². The van der Waals surface area contributed by atoms with Crippen molar-refractivity contribution < 1.29 is 13.9 Å². The minimum absolute atomic E-state index is 0.243. The Labute approximate surface area is 102 Å². The molecule has 2 N–H and O–H groups in total. The second kappa shape index (κ2) is 7.25. The van der Waals surface area contributed by atoms with Gasteiger partial charge in [-0.2, -0.15) is 0 Å². The second-order valence-corrected chi connectivity index (χ2v) is 3.87. The van der Waals surface area contributed by atoms with E-state index in [1.54, 1.807) is 6.07 Å². The zero-order valence-electron chi connectivity index (χ0n) is 10.4. The van der Waals surface area contributed by atoms with Gasteiger partial charge in [-0.05, 0) is 32.0 Å². The van der Waals surface area contributed by atoms with Crippen molar-refractivity contribution in [3.05, 3.63) is 29.6 Å². The third kappa shape index (κ3) is 4.71. The molecule has 0 spiro atoms. The largest absolute Gasteiger partial charge is 0.493 e. The molecule has 0 bridgehead atoms. The summed E-state index contributed by atoms with van der Waals surface area (Å²) in [7, 11) is 0. The Morgan fingerprint density at radius 1 is 1.35 bits per heavy atom. The van der Waals surface area contributed by atoms with Gasteiger partial charge < -0.3 is 15.2 Å². The van der Waals surface area contributed by atoms with Gasteiger partial charge in [0.1, 0.15) is 11.6 Å². The number of hydrogen-bond acceptors (Lipinski definition) is 3. The fourth-order valence-electron chi connectivity index (χ4n) is 1.49. The second-order valence-electron chi connectivity index (χ2n) is 3.87. The molecule has 4 heteroatoms. The van der Waals surface area contributed by atoms with Gasteiger partial charge in [0, 0.05) is 31.2 Å². The lowest BCUT2D eigenvalue weighted by Gasteiger charge is -2.14. The molecule has 0 saturated carbocycles. The Hall–Kier alpha value is -1.13. The third-order valence-electron chi connectivity index (χ3n) is 2.36. The first kappa shape index (κ1) is 13.9. The number of ether oxygens (including phenoxy) is 2. The minimum Gasteiger partial charge on any atom is -0.493 e. The molecular formula is C13H20FNO2. The maximum Gasteiger partial charge on any atom is 0.124 e. The number of nitrogens with two attached hydrogens (primary N) is 1. The summed E-state index contributed by atoms with van der Waals surface area (Å²) < 4.78 is 23.8. The van der Waals surface area contributed by atoms with Crippen LogP contribution in [0.1, 0.15) is 31.9 Å². The van der Waals surface area contributed by atoms with Gasteiger partial charge in [-0.3, -0.25) is 0 Å². The van der Waals surface area contributed by atoms with Gasteiger partial charge in [0.15, 0.2) is 0 Å². The molecule has 17 heavy (non-hydrogen) atoms. The molecule has 0 aliphatic rings. The first-order chi connectivity index (χ1) is 8.15. The van der Waals surface area contributed by atoms with Gasteiger partial charge in [-0.25, -0.2) is 4.39 Å². The lowest BCUT2D eigenvalue weighted by molar-refractivity contribution is 0.130. The molecule has 0 unspecified atom stereocenters. The van der Waals surface area contributed by atoms with Crippen molar-refractivity contribution in [2.24, 2.45) is 5.73 Å². The van der Waals surface area contributed by atoms with E-state index in [2.05, 4.69) is 0 Å². The van der Waals surface area contributed by atoms with Gasteiger partial charge >= 0.3 is 0 Å². The highest BCUT2D eigenvalue weighted by Gasteiger charge is 2.09. The molecule has 1 aromatic carbocycles. The molecule has 96 valence electrons. The van der Waals surface area contributed by atoms with Crippen LogP contribution < -0.4 is 10.5 Å². The highest BCUT2D eigenvalue weighted by atomic mass is 19.1. The molecule has 0 aromatic heterocycles. The predicted octanol–water partition coefficient (Wildman–Crippen LogP) is 2.65. The van der Waals surface area contributed by atoms with Crippen LogP contribution in [0.4, 0.5) is 4.39 Å². The van der Waals surface area contributed by atoms with Gasteiger partial charge in [-0.15, -0.1) is 0 Å². The van der Waals surface area contributed by atoms with Crippen molar-refractivity contribution in [2.75, 3.05) is 19.8 Å². The van der Waals surface area contributed by atoms with Crippen molar-refractivity contribution in [3.8, 4) is 5.75 Å². The van der Waals surface area contributed by atoms with Gasteiger partial charge in [-0.1, -0.05) is 0 Å². The summed E-state index contributed by atoms with van der Waals surface area (Å²) in [5, 5.41) is 0. The Bertz CT molecular complexity index is 342. The average molecular weight is 241 g/mol. The zero-order chi connectivity index (χ0) is 12.7. The summed E-state index contributed by atoms with van der Waals surface area (Å²) in [5.74, 6) is 0.358. The predicted molar refractivity (Wildman–Crippen MR) is 65.6 cm³/mol. The molecule has 0 aliphatic heterocycles. The highest BCUT2D eigenvalue weighted by Crippen LogP contribution is 2.24. The van der Waals surface area contributed by atoms with Crippen LogP contribution >= 0.6 is 0 Å². The molecule has 0 heterocycles. The van der Waals surface area contributed by atoms with Crippen LogP contribution in [-0.4, -0.2) is 19.8 Å². The van der Waals surface area contributed by atoms with E-state index >= 15 is 0 Å². The average Bonchev–Trinajstić information content (AvgIpc) is 2.30. The van der Waals surface area contributed by atoms with Gasteiger partial charge in [0.2, 0.25) is 0 Å². The molecule has 0 aliphatic carbocycles. The van der Waals surface area contributed by atoms with Crippen LogP contribution in [0.3, 0.4) is 0 Å². The molecule has 1 atom stereocenters. The number of hydrogen-bond donors (Lipinski definition) is 1. The first-order valence-electron chi connectivity index (χ1n) is 5.90. The van der Waals surface area contributed by atoms with Crippen LogP contribution in [0.2, 0.25) is 0 Å². The van der Waals surface area contributed by atoms with E-state index < -0.39 is 0 Å². The summed E-state index contributed by atoms with van der Waals surface area (Å²) in [6.07, 6.45) is 0.809. The fraction of sp³-hybridized carbons (Fsp3) is 0.538. The monoisotopic (exact) mass is 241 g/mol. The molecule has 0 saturated heterocycles.